The largest absolute Gasteiger partial charge is 0.380 e. The third kappa shape index (κ3) is 3.85. The summed E-state index contributed by atoms with van der Waals surface area (Å²) < 4.78 is 5.49. The van der Waals surface area contributed by atoms with E-state index in [-0.39, 0.29) is 0 Å². The summed E-state index contributed by atoms with van der Waals surface area (Å²) in [5, 5.41) is 0.654. The topological polar surface area (TPSA) is 47.3 Å². The minimum Gasteiger partial charge on any atom is -0.380 e. The van der Waals surface area contributed by atoms with Crippen LogP contribution >= 0.6 is 11.8 Å². The maximum Gasteiger partial charge on any atom is 0.0643 e. The van der Waals surface area contributed by atoms with Gasteiger partial charge < -0.3 is 4.74 Å². The van der Waals surface area contributed by atoms with Gasteiger partial charge in [0.25, 0.3) is 0 Å². The van der Waals surface area contributed by atoms with Crippen molar-refractivity contribution in [2.45, 2.75) is 37.5 Å². The predicted octanol–water partition coefficient (Wildman–Crippen LogP) is 1.14. The molecule has 1 saturated heterocycles. The first-order valence-corrected chi connectivity index (χ1v) is 6.08. The molecule has 0 aromatic rings. The quantitative estimate of drug-likeness (QED) is 0.387. The Morgan fingerprint density at radius 2 is 2.54 bits per heavy atom. The van der Waals surface area contributed by atoms with E-state index in [2.05, 4.69) is 12.3 Å². The number of nitrogens with two attached hydrogens (primary N) is 1. The molecule has 13 heavy (non-hydrogen) atoms. The van der Waals surface area contributed by atoms with Gasteiger partial charge in [0.1, 0.15) is 0 Å². The van der Waals surface area contributed by atoms with Crippen LogP contribution < -0.4 is 11.3 Å². The molecule has 3 nitrogen and oxygen atoms in total. The van der Waals surface area contributed by atoms with E-state index in [9.17, 15) is 0 Å². The highest BCUT2D eigenvalue weighted by Gasteiger charge is 2.24. The Bertz CT molecular complexity index is 129. The van der Waals surface area contributed by atoms with Crippen molar-refractivity contribution in [2.75, 3.05) is 19.0 Å². The second-order valence-electron chi connectivity index (χ2n) is 3.40. The Balaban J connectivity index is 2.16. The lowest BCUT2D eigenvalue weighted by molar-refractivity contribution is 0.111. The summed E-state index contributed by atoms with van der Waals surface area (Å²) in [6.07, 6.45) is 3.67. The molecule has 0 radical (unpaired) electrons. The van der Waals surface area contributed by atoms with Gasteiger partial charge in [-0.25, -0.2) is 0 Å². The number of hydrogen-bond acceptors (Lipinski definition) is 4. The van der Waals surface area contributed by atoms with E-state index < -0.39 is 0 Å². The van der Waals surface area contributed by atoms with Gasteiger partial charge in [-0.15, -0.1) is 0 Å². The van der Waals surface area contributed by atoms with Crippen molar-refractivity contribution in [1.29, 1.82) is 0 Å². The molecule has 3 N–H and O–H groups in total. The number of thioether (sulfide) groups is 1. The highest BCUT2D eigenvalue weighted by atomic mass is 32.2. The summed E-state index contributed by atoms with van der Waals surface area (Å²) in [7, 11) is 0. The van der Waals surface area contributed by atoms with Gasteiger partial charge >= 0.3 is 0 Å². The summed E-state index contributed by atoms with van der Waals surface area (Å²) in [4.78, 5) is 0. The van der Waals surface area contributed by atoms with Gasteiger partial charge in [-0.05, 0) is 25.0 Å². The van der Waals surface area contributed by atoms with Crippen LogP contribution in [0.3, 0.4) is 0 Å². The molecule has 1 aliphatic rings. The fraction of sp³-hybridized carbons (Fsp3) is 1.00. The lowest BCUT2D eigenvalue weighted by atomic mass is 10.1. The molecule has 0 spiro atoms. The highest BCUT2D eigenvalue weighted by Crippen LogP contribution is 2.28. The van der Waals surface area contributed by atoms with E-state index in [0.29, 0.717) is 11.3 Å². The van der Waals surface area contributed by atoms with Crippen molar-refractivity contribution in [3.8, 4) is 0 Å². The fourth-order valence-corrected chi connectivity index (χ4v) is 2.90. The van der Waals surface area contributed by atoms with Crippen LogP contribution in [0, 0.1) is 0 Å². The van der Waals surface area contributed by atoms with Crippen molar-refractivity contribution in [1.82, 2.24) is 5.43 Å². The molecule has 0 saturated carbocycles. The summed E-state index contributed by atoms with van der Waals surface area (Å²) in [6, 6.07) is 0.332. The molecule has 1 fully saturated rings. The van der Waals surface area contributed by atoms with Gasteiger partial charge in [0.15, 0.2) is 0 Å². The van der Waals surface area contributed by atoms with Crippen LogP contribution in [0.15, 0.2) is 0 Å². The van der Waals surface area contributed by atoms with Crippen molar-refractivity contribution < 1.29 is 4.74 Å². The minimum absolute atomic E-state index is 0.332. The van der Waals surface area contributed by atoms with Gasteiger partial charge in [0.2, 0.25) is 0 Å². The monoisotopic (exact) mass is 204 g/mol. The Kier molecular flexibility index (Phi) is 5.78. The van der Waals surface area contributed by atoms with Gasteiger partial charge in [-0.1, -0.05) is 6.92 Å². The molecule has 1 rings (SSSR count). The predicted molar refractivity (Wildman–Crippen MR) is 57.7 cm³/mol. The molecule has 78 valence electrons. The SMILES string of the molecule is CCCOCC(NN)C1CCCS1. The number of hydrazine groups is 1. The Morgan fingerprint density at radius 1 is 1.69 bits per heavy atom. The molecule has 2 unspecified atom stereocenters. The second kappa shape index (κ2) is 6.65. The summed E-state index contributed by atoms with van der Waals surface area (Å²) >= 11 is 2.01. The molecule has 0 amide bonds. The van der Waals surface area contributed by atoms with Crippen LogP contribution in [0.4, 0.5) is 0 Å². The number of hydrogen-bond donors (Lipinski definition) is 2. The Hall–Kier alpha value is 0.230. The average Bonchev–Trinajstić information content (AvgIpc) is 2.65. The first-order valence-electron chi connectivity index (χ1n) is 5.04. The van der Waals surface area contributed by atoms with Crippen LogP contribution in [0.5, 0.6) is 0 Å². The average molecular weight is 204 g/mol. The van der Waals surface area contributed by atoms with Crippen LogP contribution in [0.2, 0.25) is 0 Å². The van der Waals surface area contributed by atoms with Crippen molar-refractivity contribution in [2.24, 2.45) is 5.84 Å². The molecule has 1 heterocycles. The van der Waals surface area contributed by atoms with E-state index in [4.69, 9.17) is 10.6 Å². The number of ether oxygens (including phenoxy) is 1. The first kappa shape index (κ1) is 11.3. The number of rotatable bonds is 6. The van der Waals surface area contributed by atoms with Gasteiger partial charge in [-0.2, -0.15) is 11.8 Å². The summed E-state index contributed by atoms with van der Waals surface area (Å²) in [5.41, 5.74) is 2.86. The Labute approximate surface area is 84.7 Å². The van der Waals surface area contributed by atoms with Gasteiger partial charge in [0.05, 0.1) is 12.6 Å². The van der Waals surface area contributed by atoms with Gasteiger partial charge in [-0.3, -0.25) is 11.3 Å². The van der Waals surface area contributed by atoms with E-state index in [1.165, 1.54) is 18.6 Å². The summed E-state index contributed by atoms with van der Waals surface area (Å²) in [5.74, 6) is 6.77. The van der Waals surface area contributed by atoms with Crippen molar-refractivity contribution >= 4 is 11.8 Å². The molecule has 2 atom stereocenters. The lowest BCUT2D eigenvalue weighted by Crippen LogP contribution is -2.45. The molecule has 0 aliphatic carbocycles. The van der Waals surface area contributed by atoms with Crippen molar-refractivity contribution in [3.05, 3.63) is 0 Å². The van der Waals surface area contributed by atoms with Crippen LogP contribution in [0.1, 0.15) is 26.2 Å². The third-order valence-electron chi connectivity index (χ3n) is 2.27. The maximum atomic E-state index is 5.49. The molecule has 0 bridgehead atoms. The molecule has 0 aromatic heterocycles. The standard InChI is InChI=1S/C9H20N2OS/c1-2-5-12-7-8(11-10)9-4-3-6-13-9/h8-9,11H,2-7,10H2,1H3. The second-order valence-corrected chi connectivity index (χ2v) is 4.75. The molecule has 1 aliphatic heterocycles. The zero-order valence-electron chi connectivity index (χ0n) is 8.29. The van der Waals surface area contributed by atoms with E-state index in [1.54, 1.807) is 0 Å². The van der Waals surface area contributed by atoms with Crippen LogP contribution in [-0.2, 0) is 4.74 Å². The smallest absolute Gasteiger partial charge is 0.0643 e. The van der Waals surface area contributed by atoms with Crippen molar-refractivity contribution in [3.63, 3.8) is 0 Å². The maximum absolute atomic E-state index is 5.49. The fourth-order valence-electron chi connectivity index (χ4n) is 1.54. The molecular formula is C9H20N2OS. The zero-order valence-corrected chi connectivity index (χ0v) is 9.11. The third-order valence-corrected chi connectivity index (χ3v) is 3.79. The summed E-state index contributed by atoms with van der Waals surface area (Å²) in [6.45, 7) is 3.72. The van der Waals surface area contributed by atoms with E-state index in [0.717, 1.165) is 19.6 Å². The molecule has 0 aromatic carbocycles. The highest BCUT2D eigenvalue weighted by molar-refractivity contribution is 8.00. The molecule has 4 heteroatoms. The van der Waals surface area contributed by atoms with Crippen LogP contribution in [0.25, 0.3) is 0 Å². The Morgan fingerprint density at radius 3 is 3.08 bits per heavy atom. The number of nitrogens with one attached hydrogen (secondary N) is 1. The van der Waals surface area contributed by atoms with Crippen LogP contribution in [-0.4, -0.2) is 30.3 Å². The normalized spacial score (nSPS) is 24.9. The lowest BCUT2D eigenvalue weighted by Gasteiger charge is -2.21. The zero-order chi connectivity index (χ0) is 9.52. The van der Waals surface area contributed by atoms with Gasteiger partial charge in [0, 0.05) is 11.9 Å². The van der Waals surface area contributed by atoms with E-state index in [1.807, 2.05) is 11.8 Å². The first-order chi connectivity index (χ1) is 6.38. The van der Waals surface area contributed by atoms with E-state index >= 15 is 0 Å². The molecular weight excluding hydrogens is 184 g/mol. The minimum atomic E-state index is 0.332.